The van der Waals surface area contributed by atoms with Crippen LogP contribution in [0.3, 0.4) is 0 Å². The van der Waals surface area contributed by atoms with E-state index in [-0.39, 0.29) is 6.61 Å². The fourth-order valence-electron chi connectivity index (χ4n) is 0.855. The van der Waals surface area contributed by atoms with Crippen LogP contribution in [0, 0.1) is 0 Å². The Morgan fingerprint density at radius 1 is 1.79 bits per heavy atom. The monoisotopic (exact) mass is 268 g/mol. The Kier molecular flexibility index (Phi) is 3.20. The fourth-order valence-corrected chi connectivity index (χ4v) is 1.14. The summed E-state index contributed by atoms with van der Waals surface area (Å²) in [5, 5.41) is 0. The molecule has 0 amide bonds. The second-order valence-electron chi connectivity index (χ2n) is 2.31. The zero-order chi connectivity index (χ0) is 10.8. The van der Waals surface area contributed by atoms with E-state index in [2.05, 4.69) is 25.7 Å². The number of aromatic nitrogens is 2. The van der Waals surface area contributed by atoms with Gasteiger partial charge in [-0.3, -0.25) is 4.57 Å². The first-order valence-electron chi connectivity index (χ1n) is 3.74. The zero-order valence-corrected chi connectivity index (χ0v) is 8.79. The molecule has 0 bridgehead atoms. The summed E-state index contributed by atoms with van der Waals surface area (Å²) >= 11 is 2.12. The van der Waals surface area contributed by atoms with Crippen molar-refractivity contribution in [2.75, 3.05) is 6.61 Å². The maximum Gasteiger partial charge on any atom is 0.388 e. The largest absolute Gasteiger partial charge is 0.460 e. The third-order valence-electron chi connectivity index (χ3n) is 1.37. The fraction of sp³-hybridized carbons (Fsp3) is 0.429. The van der Waals surface area contributed by atoms with Crippen LogP contribution in [-0.2, 0) is 9.69 Å². The number of carbonyl (C=O) groups excluding carboxylic acids is 1. The van der Waals surface area contributed by atoms with Crippen LogP contribution in [0.25, 0.3) is 0 Å². The van der Waals surface area contributed by atoms with Crippen LogP contribution >= 0.6 is 15.9 Å². The number of imidazole rings is 1. The van der Waals surface area contributed by atoms with E-state index >= 15 is 0 Å². The van der Waals surface area contributed by atoms with Gasteiger partial charge >= 0.3 is 10.9 Å². The molecule has 0 radical (unpaired) electrons. The minimum Gasteiger partial charge on any atom is -0.460 e. The minimum absolute atomic E-state index is 0.111. The van der Waals surface area contributed by atoms with Gasteiger partial charge in [-0.25, -0.2) is 9.78 Å². The highest BCUT2D eigenvalue weighted by molar-refractivity contribution is 9.09. The summed E-state index contributed by atoms with van der Waals surface area (Å²) in [5.41, 5.74) is 0. The molecule has 0 aliphatic carbocycles. The third kappa shape index (κ3) is 2.28. The van der Waals surface area contributed by atoms with Crippen LogP contribution in [0.2, 0.25) is 0 Å². The molecule has 1 rings (SSSR count). The number of alkyl halides is 3. The minimum atomic E-state index is -3.34. The number of hydrogen-bond acceptors (Lipinski definition) is 3. The molecule has 0 saturated heterocycles. The van der Waals surface area contributed by atoms with E-state index < -0.39 is 16.7 Å². The molecule has 7 heteroatoms. The van der Waals surface area contributed by atoms with Crippen LogP contribution in [0.1, 0.15) is 17.5 Å². The lowest BCUT2D eigenvalue weighted by Crippen LogP contribution is -2.21. The summed E-state index contributed by atoms with van der Waals surface area (Å²) < 4.78 is 30.5. The van der Waals surface area contributed by atoms with Gasteiger partial charge in [-0.2, -0.15) is 8.78 Å². The summed E-state index contributed by atoms with van der Waals surface area (Å²) in [6.45, 7) is 1.69. The maximum atomic E-state index is 12.8. The molecule has 0 spiro atoms. The van der Waals surface area contributed by atoms with Crippen molar-refractivity contribution in [1.82, 2.24) is 9.55 Å². The van der Waals surface area contributed by atoms with Gasteiger partial charge in [0.2, 0.25) is 5.82 Å². The predicted octanol–water partition coefficient (Wildman–Crippen LogP) is 1.96. The first kappa shape index (κ1) is 11.1. The Morgan fingerprint density at radius 2 is 2.43 bits per heavy atom. The van der Waals surface area contributed by atoms with Crippen LogP contribution < -0.4 is 0 Å². The standard InChI is InChI=1S/C7H7BrF2N2O2/c1-2-14-6(13)5-11-3-4-12(5)7(8,9)10/h3-4H,2H2,1H3. The van der Waals surface area contributed by atoms with Crippen molar-refractivity contribution < 1.29 is 18.3 Å². The Labute approximate surface area is 87.0 Å². The number of carbonyl (C=O) groups is 1. The van der Waals surface area contributed by atoms with Crippen LogP contribution in [-0.4, -0.2) is 22.1 Å². The Morgan fingerprint density at radius 3 is 2.93 bits per heavy atom. The molecule has 1 aromatic rings. The Hall–Kier alpha value is -0.980. The first-order valence-corrected chi connectivity index (χ1v) is 4.53. The lowest BCUT2D eigenvalue weighted by atomic mass is 10.6. The molecule has 0 aliphatic rings. The molecule has 0 saturated carbocycles. The molecule has 14 heavy (non-hydrogen) atoms. The molecule has 0 aromatic carbocycles. The first-order chi connectivity index (χ1) is 6.46. The van der Waals surface area contributed by atoms with Crippen molar-refractivity contribution in [2.45, 2.75) is 11.9 Å². The summed E-state index contributed by atoms with van der Waals surface area (Å²) in [4.78, 5) is 11.3. The van der Waals surface area contributed by atoms with Gasteiger partial charge in [0.1, 0.15) is 0 Å². The molecule has 0 N–H and O–H groups in total. The lowest BCUT2D eigenvalue weighted by Gasteiger charge is -2.11. The molecule has 0 aliphatic heterocycles. The average molecular weight is 269 g/mol. The van der Waals surface area contributed by atoms with Gasteiger partial charge < -0.3 is 4.74 Å². The molecule has 78 valence electrons. The molecule has 4 nitrogen and oxygen atoms in total. The maximum absolute atomic E-state index is 12.8. The van der Waals surface area contributed by atoms with Crippen molar-refractivity contribution in [1.29, 1.82) is 0 Å². The van der Waals surface area contributed by atoms with Gasteiger partial charge in [0.25, 0.3) is 0 Å². The highest BCUT2D eigenvalue weighted by Gasteiger charge is 2.31. The number of esters is 1. The van der Waals surface area contributed by atoms with E-state index in [9.17, 15) is 13.6 Å². The second-order valence-corrected chi connectivity index (χ2v) is 3.26. The van der Waals surface area contributed by atoms with E-state index in [1.165, 1.54) is 0 Å². The zero-order valence-electron chi connectivity index (χ0n) is 7.21. The summed E-state index contributed by atoms with van der Waals surface area (Å²) in [6.07, 6.45) is 2.09. The van der Waals surface area contributed by atoms with Crippen molar-refractivity contribution in [3.8, 4) is 0 Å². The number of hydrogen-bond donors (Lipinski definition) is 0. The lowest BCUT2D eigenvalue weighted by molar-refractivity contribution is 0.0216. The quantitative estimate of drug-likeness (QED) is 0.622. The van der Waals surface area contributed by atoms with E-state index in [0.717, 1.165) is 12.4 Å². The predicted molar refractivity (Wildman–Crippen MR) is 47.3 cm³/mol. The highest BCUT2D eigenvalue weighted by atomic mass is 79.9. The molecule has 0 unspecified atom stereocenters. The van der Waals surface area contributed by atoms with Gasteiger partial charge in [0.05, 0.1) is 6.61 Å². The number of rotatable bonds is 3. The van der Waals surface area contributed by atoms with E-state index in [4.69, 9.17) is 0 Å². The van der Waals surface area contributed by atoms with E-state index in [1.54, 1.807) is 6.92 Å². The van der Waals surface area contributed by atoms with Gasteiger partial charge in [0, 0.05) is 28.3 Å². The number of ether oxygens (including phenoxy) is 1. The number of halogens is 3. The van der Waals surface area contributed by atoms with E-state index in [0.29, 0.717) is 4.57 Å². The normalized spacial score (nSPS) is 11.4. The third-order valence-corrected chi connectivity index (χ3v) is 1.75. The highest BCUT2D eigenvalue weighted by Crippen LogP contribution is 2.29. The van der Waals surface area contributed by atoms with Crippen molar-refractivity contribution >= 4 is 21.9 Å². The van der Waals surface area contributed by atoms with Crippen molar-refractivity contribution in [3.05, 3.63) is 18.2 Å². The molecular weight excluding hydrogens is 262 g/mol. The molecule has 0 fully saturated rings. The van der Waals surface area contributed by atoms with Gasteiger partial charge in [-0.1, -0.05) is 0 Å². The second kappa shape index (κ2) is 4.04. The Bertz CT molecular complexity index is 335. The van der Waals surface area contributed by atoms with Gasteiger partial charge in [-0.15, -0.1) is 0 Å². The average Bonchev–Trinajstić information content (AvgIpc) is 2.50. The van der Waals surface area contributed by atoms with Crippen molar-refractivity contribution in [2.24, 2.45) is 0 Å². The SMILES string of the molecule is CCOC(=O)c1nccn1C(F)(F)Br. The number of nitrogens with zero attached hydrogens (tertiary/aromatic N) is 2. The van der Waals surface area contributed by atoms with Crippen LogP contribution in [0.5, 0.6) is 0 Å². The molecule has 0 atom stereocenters. The summed E-state index contributed by atoms with van der Waals surface area (Å²) in [7, 11) is 0. The van der Waals surface area contributed by atoms with Gasteiger partial charge in [-0.05, 0) is 6.92 Å². The Balaban J connectivity index is 2.99. The molecular formula is C7H7BrF2N2O2. The van der Waals surface area contributed by atoms with Gasteiger partial charge in [0.15, 0.2) is 0 Å². The summed E-state index contributed by atoms with van der Waals surface area (Å²) in [5.74, 6) is -1.31. The van der Waals surface area contributed by atoms with Crippen LogP contribution in [0.15, 0.2) is 12.4 Å². The van der Waals surface area contributed by atoms with E-state index in [1.807, 2.05) is 0 Å². The topological polar surface area (TPSA) is 44.1 Å². The van der Waals surface area contributed by atoms with Crippen LogP contribution in [0.4, 0.5) is 8.78 Å². The van der Waals surface area contributed by atoms with Crippen molar-refractivity contribution in [3.63, 3.8) is 0 Å². The smallest absolute Gasteiger partial charge is 0.388 e. The molecule has 1 heterocycles. The molecule has 1 aromatic heterocycles. The summed E-state index contributed by atoms with van der Waals surface area (Å²) in [6, 6.07) is 0.